The van der Waals surface area contributed by atoms with Gasteiger partial charge in [0.25, 0.3) is 0 Å². The van der Waals surface area contributed by atoms with Gasteiger partial charge in [0, 0.05) is 31.7 Å². The summed E-state index contributed by atoms with van der Waals surface area (Å²) in [6.45, 7) is 5.13. The van der Waals surface area contributed by atoms with Crippen molar-refractivity contribution in [1.29, 1.82) is 0 Å². The van der Waals surface area contributed by atoms with Gasteiger partial charge in [-0.2, -0.15) is 10.2 Å². The minimum Gasteiger partial charge on any atom is -0.365 e. The molecule has 0 bridgehead atoms. The van der Waals surface area contributed by atoms with Crippen LogP contribution in [0.25, 0.3) is 0 Å². The normalized spacial score (nSPS) is 22.0. The first-order chi connectivity index (χ1) is 14.2. The second-order valence-electron chi connectivity index (χ2n) is 8.57. The van der Waals surface area contributed by atoms with E-state index in [0.717, 1.165) is 58.4 Å². The lowest BCUT2D eigenvalue weighted by atomic mass is 9.83. The van der Waals surface area contributed by atoms with E-state index in [9.17, 15) is 4.79 Å². The standard InChI is InChI=1S/C23H28N4O2/c28-22(19-6-11-26(12-7-19)16-18-5-10-24-25-15-18)27-13-8-23(9-14-27)21-4-2-1-3-20(21)17-29-23/h1-5,10,15,19H,6-9,11-14,16-17H2. The molecule has 4 heterocycles. The molecule has 2 fully saturated rings. The lowest BCUT2D eigenvalue weighted by molar-refractivity contribution is -0.144. The average molecular weight is 393 g/mol. The van der Waals surface area contributed by atoms with Gasteiger partial charge in [0.2, 0.25) is 5.91 Å². The van der Waals surface area contributed by atoms with Crippen LogP contribution in [0.5, 0.6) is 0 Å². The van der Waals surface area contributed by atoms with E-state index in [2.05, 4.69) is 44.3 Å². The lowest BCUT2D eigenvalue weighted by Crippen LogP contribution is -2.48. The minimum absolute atomic E-state index is 0.160. The number of likely N-dealkylation sites (tertiary alicyclic amines) is 2. The molecule has 1 aromatic carbocycles. The van der Waals surface area contributed by atoms with Crippen LogP contribution in [0.15, 0.2) is 42.7 Å². The number of amides is 1. The van der Waals surface area contributed by atoms with E-state index in [-0.39, 0.29) is 11.5 Å². The maximum Gasteiger partial charge on any atom is 0.225 e. The topological polar surface area (TPSA) is 58.6 Å². The van der Waals surface area contributed by atoms with Gasteiger partial charge in [0.05, 0.1) is 18.4 Å². The third-order valence-electron chi connectivity index (χ3n) is 6.88. The number of rotatable bonds is 3. The zero-order valence-electron chi connectivity index (χ0n) is 16.8. The van der Waals surface area contributed by atoms with E-state index in [1.807, 2.05) is 12.3 Å². The monoisotopic (exact) mass is 392 g/mol. The van der Waals surface area contributed by atoms with Crippen LogP contribution in [0.4, 0.5) is 0 Å². The lowest BCUT2D eigenvalue weighted by Gasteiger charge is -2.41. The SMILES string of the molecule is O=C(C1CCN(Cc2ccnnc2)CC1)N1CCC2(CC1)OCc1ccccc12. The highest BCUT2D eigenvalue weighted by molar-refractivity contribution is 5.79. The van der Waals surface area contributed by atoms with Gasteiger partial charge >= 0.3 is 0 Å². The molecule has 0 unspecified atom stereocenters. The van der Waals surface area contributed by atoms with Gasteiger partial charge in [0.1, 0.15) is 0 Å². The predicted octanol–water partition coefficient (Wildman–Crippen LogP) is 2.74. The molecule has 6 nitrogen and oxygen atoms in total. The zero-order valence-corrected chi connectivity index (χ0v) is 16.8. The summed E-state index contributed by atoms with van der Waals surface area (Å²) in [6.07, 6.45) is 7.26. The first kappa shape index (κ1) is 18.7. The Hall–Kier alpha value is -2.31. The Kier molecular flexibility index (Phi) is 5.06. The van der Waals surface area contributed by atoms with E-state index in [1.54, 1.807) is 6.20 Å². The van der Waals surface area contributed by atoms with E-state index in [4.69, 9.17) is 4.74 Å². The van der Waals surface area contributed by atoms with Crippen LogP contribution in [0, 0.1) is 5.92 Å². The maximum absolute atomic E-state index is 13.1. The van der Waals surface area contributed by atoms with Gasteiger partial charge < -0.3 is 9.64 Å². The van der Waals surface area contributed by atoms with Gasteiger partial charge in [-0.25, -0.2) is 0 Å². The van der Waals surface area contributed by atoms with E-state index in [0.29, 0.717) is 12.5 Å². The minimum atomic E-state index is -0.171. The van der Waals surface area contributed by atoms with Crippen LogP contribution in [0.1, 0.15) is 42.4 Å². The largest absolute Gasteiger partial charge is 0.365 e. The third-order valence-corrected chi connectivity index (χ3v) is 6.88. The average Bonchev–Trinajstić information content (AvgIpc) is 3.13. The summed E-state index contributed by atoms with van der Waals surface area (Å²) in [5.74, 6) is 0.504. The van der Waals surface area contributed by atoms with Crippen molar-refractivity contribution in [2.24, 2.45) is 5.92 Å². The highest BCUT2D eigenvalue weighted by Gasteiger charge is 2.43. The Morgan fingerprint density at radius 1 is 1.07 bits per heavy atom. The molecule has 2 aromatic rings. The number of hydrogen-bond donors (Lipinski definition) is 0. The third kappa shape index (κ3) is 3.67. The van der Waals surface area contributed by atoms with Crippen LogP contribution in [-0.4, -0.2) is 52.1 Å². The van der Waals surface area contributed by atoms with Gasteiger partial charge in [0.15, 0.2) is 0 Å². The molecule has 152 valence electrons. The van der Waals surface area contributed by atoms with E-state index < -0.39 is 0 Å². The molecule has 0 radical (unpaired) electrons. The van der Waals surface area contributed by atoms with Gasteiger partial charge in [-0.05, 0) is 61.5 Å². The maximum atomic E-state index is 13.1. The Balaban J connectivity index is 1.14. The molecule has 1 amide bonds. The fourth-order valence-electron chi connectivity index (χ4n) is 5.15. The van der Waals surface area contributed by atoms with Gasteiger partial charge in [-0.15, -0.1) is 0 Å². The second-order valence-corrected chi connectivity index (χ2v) is 8.57. The Labute approximate surface area is 171 Å². The highest BCUT2D eigenvalue weighted by Crippen LogP contribution is 2.44. The van der Waals surface area contributed by atoms with Crippen LogP contribution in [0.2, 0.25) is 0 Å². The number of fused-ring (bicyclic) bond motifs is 2. The highest BCUT2D eigenvalue weighted by atomic mass is 16.5. The Morgan fingerprint density at radius 3 is 2.62 bits per heavy atom. The number of piperidine rings is 2. The Bertz CT molecular complexity index is 856. The summed E-state index contributed by atoms with van der Waals surface area (Å²) in [5, 5.41) is 7.79. The molecule has 0 N–H and O–H groups in total. The van der Waals surface area contributed by atoms with Crippen LogP contribution < -0.4 is 0 Å². The van der Waals surface area contributed by atoms with Gasteiger partial charge in [-0.1, -0.05) is 24.3 Å². The molecule has 3 aliphatic heterocycles. The van der Waals surface area contributed by atoms with Crippen molar-refractivity contribution in [3.8, 4) is 0 Å². The quantitative estimate of drug-likeness (QED) is 0.804. The van der Waals surface area contributed by atoms with Crippen molar-refractivity contribution in [1.82, 2.24) is 20.0 Å². The molecule has 2 saturated heterocycles. The summed E-state index contributed by atoms with van der Waals surface area (Å²) in [5.41, 5.74) is 3.66. The van der Waals surface area contributed by atoms with Crippen molar-refractivity contribution in [3.05, 3.63) is 59.4 Å². The fraction of sp³-hybridized carbons (Fsp3) is 0.522. The molecule has 1 spiro atoms. The van der Waals surface area contributed by atoms with Crippen LogP contribution in [-0.2, 0) is 28.3 Å². The fourth-order valence-corrected chi connectivity index (χ4v) is 5.15. The van der Waals surface area contributed by atoms with Crippen LogP contribution in [0.3, 0.4) is 0 Å². The summed E-state index contributed by atoms with van der Waals surface area (Å²) in [4.78, 5) is 17.6. The molecular formula is C23H28N4O2. The number of ether oxygens (including phenoxy) is 1. The number of carbonyl (C=O) groups excluding carboxylic acids is 1. The number of benzene rings is 1. The number of nitrogens with zero attached hydrogens (tertiary/aromatic N) is 4. The number of hydrogen-bond acceptors (Lipinski definition) is 5. The van der Waals surface area contributed by atoms with Crippen molar-refractivity contribution < 1.29 is 9.53 Å². The first-order valence-corrected chi connectivity index (χ1v) is 10.7. The van der Waals surface area contributed by atoms with Crippen molar-refractivity contribution in [2.75, 3.05) is 26.2 Å². The summed E-state index contributed by atoms with van der Waals surface area (Å²) >= 11 is 0. The van der Waals surface area contributed by atoms with Gasteiger partial charge in [-0.3, -0.25) is 9.69 Å². The summed E-state index contributed by atoms with van der Waals surface area (Å²) in [6, 6.07) is 10.6. The molecule has 0 saturated carbocycles. The zero-order chi connectivity index (χ0) is 19.7. The van der Waals surface area contributed by atoms with E-state index >= 15 is 0 Å². The number of carbonyl (C=O) groups is 1. The first-order valence-electron chi connectivity index (χ1n) is 10.7. The Morgan fingerprint density at radius 2 is 1.86 bits per heavy atom. The van der Waals surface area contributed by atoms with Crippen molar-refractivity contribution >= 4 is 5.91 Å². The molecule has 29 heavy (non-hydrogen) atoms. The van der Waals surface area contributed by atoms with Crippen molar-refractivity contribution in [2.45, 2.75) is 44.4 Å². The second kappa shape index (κ2) is 7.84. The predicted molar refractivity (Wildman–Crippen MR) is 109 cm³/mol. The molecule has 0 aliphatic carbocycles. The summed E-state index contributed by atoms with van der Waals surface area (Å²) in [7, 11) is 0. The molecule has 0 atom stereocenters. The molecule has 6 heteroatoms. The van der Waals surface area contributed by atoms with E-state index in [1.165, 1.54) is 16.7 Å². The van der Waals surface area contributed by atoms with Crippen molar-refractivity contribution in [3.63, 3.8) is 0 Å². The summed E-state index contributed by atoms with van der Waals surface area (Å²) < 4.78 is 6.24. The number of aromatic nitrogens is 2. The molecule has 1 aromatic heterocycles. The molecular weight excluding hydrogens is 364 g/mol. The molecule has 5 rings (SSSR count). The molecule has 3 aliphatic rings. The van der Waals surface area contributed by atoms with Crippen LogP contribution >= 0.6 is 0 Å². The smallest absolute Gasteiger partial charge is 0.225 e.